The number of rotatable bonds is 13. The number of carbonyl (C=O) groups excluding carboxylic acids is 1. The fraction of sp³-hybridized carbons (Fsp3) is 0.826. The molecule has 1 N–H and O–H groups in total. The molecule has 3 atom stereocenters. The number of amides is 1. The molecule has 2 aliphatic carbocycles. The molecule has 0 aromatic rings. The van der Waals surface area contributed by atoms with Gasteiger partial charge in [0.25, 0.3) is 8.53 Å². The molecule has 174 valence electrons. The van der Waals surface area contributed by atoms with Gasteiger partial charge >= 0.3 is 6.09 Å². The lowest BCUT2D eigenvalue weighted by Gasteiger charge is -2.35. The Bertz CT molecular complexity index is 629. The van der Waals surface area contributed by atoms with Crippen molar-refractivity contribution in [2.75, 3.05) is 26.4 Å². The fourth-order valence-corrected chi connectivity index (χ4v) is 5.85. The van der Waals surface area contributed by atoms with E-state index in [-0.39, 0.29) is 18.2 Å². The Hall–Kier alpha value is -1.37. The molecule has 1 saturated carbocycles. The van der Waals surface area contributed by atoms with Crippen LogP contribution >= 0.6 is 8.53 Å². The van der Waals surface area contributed by atoms with Crippen molar-refractivity contribution in [2.45, 2.75) is 78.3 Å². The van der Waals surface area contributed by atoms with Crippen LogP contribution in [0.2, 0.25) is 0 Å². The Kier molecular flexibility index (Phi) is 11.6. The van der Waals surface area contributed by atoms with Crippen molar-refractivity contribution in [3.05, 3.63) is 0 Å². The summed E-state index contributed by atoms with van der Waals surface area (Å²) >= 11 is 0. The highest BCUT2D eigenvalue weighted by atomic mass is 31.2. The number of fused-ring (bicyclic) bond motifs is 1. The Balaban J connectivity index is 1.62. The molecule has 0 radical (unpaired) electrons. The van der Waals surface area contributed by atoms with Gasteiger partial charge in [0.15, 0.2) is 0 Å². The maximum absolute atomic E-state index is 12.0. The lowest BCUT2D eigenvalue weighted by atomic mass is 10.1. The van der Waals surface area contributed by atoms with Crippen molar-refractivity contribution in [2.24, 2.45) is 17.8 Å². The number of hydrogen-bond donors (Lipinski definition) is 1. The third-order valence-electron chi connectivity index (χ3n) is 5.70. The van der Waals surface area contributed by atoms with Crippen LogP contribution in [0.1, 0.15) is 66.2 Å². The Morgan fingerprint density at radius 1 is 1.13 bits per heavy atom. The minimum atomic E-state index is -1.24. The minimum absolute atomic E-state index is 0.271. The summed E-state index contributed by atoms with van der Waals surface area (Å²) in [5.74, 6) is 8.27. The molecule has 31 heavy (non-hydrogen) atoms. The summed E-state index contributed by atoms with van der Waals surface area (Å²) in [5, 5.41) is 11.6. The topological polar surface area (TPSA) is 83.8 Å². The number of nitrogens with zero attached hydrogens (tertiary/aromatic N) is 2. The second-order valence-corrected chi connectivity index (χ2v) is 10.1. The van der Waals surface area contributed by atoms with Gasteiger partial charge in [-0.05, 0) is 64.7 Å². The van der Waals surface area contributed by atoms with E-state index in [1.54, 1.807) is 0 Å². The van der Waals surface area contributed by atoms with Crippen LogP contribution in [0.5, 0.6) is 0 Å². The molecule has 0 aromatic heterocycles. The zero-order chi connectivity index (χ0) is 22.6. The summed E-state index contributed by atoms with van der Waals surface area (Å²) in [6.45, 7) is 10.3. The van der Waals surface area contributed by atoms with E-state index in [0.717, 1.165) is 25.7 Å². The molecule has 8 heteroatoms. The summed E-state index contributed by atoms with van der Waals surface area (Å²) in [7, 11) is -1.24. The molecule has 0 aromatic carbocycles. The van der Waals surface area contributed by atoms with E-state index in [4.69, 9.17) is 19.0 Å². The zero-order valence-electron chi connectivity index (χ0n) is 19.4. The average Bonchev–Trinajstić information content (AvgIpc) is 3.34. The van der Waals surface area contributed by atoms with Crippen molar-refractivity contribution in [3.8, 4) is 17.9 Å². The third-order valence-corrected chi connectivity index (χ3v) is 7.81. The van der Waals surface area contributed by atoms with Crippen LogP contribution in [0.3, 0.4) is 0 Å². The van der Waals surface area contributed by atoms with Gasteiger partial charge in [0.05, 0.1) is 32.3 Å². The Morgan fingerprint density at radius 2 is 1.74 bits per heavy atom. The lowest BCUT2D eigenvalue weighted by molar-refractivity contribution is 0.136. The number of hydrogen-bond acceptors (Lipinski definition) is 6. The smallest absolute Gasteiger partial charge is 0.407 e. The van der Waals surface area contributed by atoms with E-state index >= 15 is 0 Å². The van der Waals surface area contributed by atoms with Crippen LogP contribution in [-0.2, 0) is 13.8 Å². The van der Waals surface area contributed by atoms with Crippen LogP contribution in [-0.4, -0.2) is 49.2 Å². The average molecular weight is 452 g/mol. The molecular weight excluding hydrogens is 413 g/mol. The summed E-state index contributed by atoms with van der Waals surface area (Å²) in [6, 6.07) is 2.64. The highest BCUT2D eigenvalue weighted by Gasteiger charge is 2.49. The van der Waals surface area contributed by atoms with Gasteiger partial charge in [-0.15, -0.1) is 11.8 Å². The third kappa shape index (κ3) is 8.95. The molecule has 1 amide bonds. The predicted octanol–water partition coefficient (Wildman–Crippen LogP) is 4.83. The van der Waals surface area contributed by atoms with Gasteiger partial charge in [-0.1, -0.05) is 0 Å². The molecule has 0 heterocycles. The number of alkyl carbamates (subject to hydrolysis) is 1. The zero-order valence-corrected chi connectivity index (χ0v) is 20.3. The number of nitriles is 1. The first-order valence-electron chi connectivity index (χ1n) is 11.5. The SMILES string of the molecule is CC(C)N(C(C)C)P(OCCC#N)OCCCNC(=O)OCC1C2CCC#CCCC21. The summed E-state index contributed by atoms with van der Waals surface area (Å²) in [6.07, 6.45) is 4.87. The van der Waals surface area contributed by atoms with E-state index in [9.17, 15) is 4.79 Å². The molecule has 1 fully saturated rings. The Morgan fingerprint density at radius 3 is 2.32 bits per heavy atom. The number of ether oxygens (including phenoxy) is 1. The fourth-order valence-electron chi connectivity index (χ4n) is 4.22. The maximum Gasteiger partial charge on any atom is 0.407 e. The molecule has 0 aliphatic heterocycles. The van der Waals surface area contributed by atoms with Crippen molar-refractivity contribution in [1.29, 1.82) is 5.26 Å². The van der Waals surface area contributed by atoms with Crippen LogP contribution < -0.4 is 5.32 Å². The maximum atomic E-state index is 12.0. The minimum Gasteiger partial charge on any atom is -0.449 e. The van der Waals surface area contributed by atoms with Crippen LogP contribution in [0.4, 0.5) is 4.79 Å². The first-order chi connectivity index (χ1) is 15.0. The predicted molar refractivity (Wildman–Crippen MR) is 122 cm³/mol. The molecule has 0 bridgehead atoms. The normalized spacial score (nSPS) is 23.2. The van der Waals surface area contributed by atoms with Gasteiger partial charge < -0.3 is 19.1 Å². The summed E-state index contributed by atoms with van der Waals surface area (Å²) in [4.78, 5) is 12.0. The van der Waals surface area contributed by atoms with Crippen molar-refractivity contribution in [1.82, 2.24) is 9.99 Å². The number of carbonyl (C=O) groups is 1. The van der Waals surface area contributed by atoms with E-state index in [1.807, 2.05) is 0 Å². The van der Waals surface area contributed by atoms with E-state index in [0.29, 0.717) is 57.0 Å². The number of nitrogens with one attached hydrogen (secondary N) is 1. The first kappa shape index (κ1) is 25.9. The van der Waals surface area contributed by atoms with E-state index in [1.165, 1.54) is 0 Å². The van der Waals surface area contributed by atoms with Crippen molar-refractivity contribution < 1.29 is 18.6 Å². The molecular formula is C23H38N3O4P. The molecule has 0 saturated heterocycles. The molecule has 2 aliphatic rings. The van der Waals surface area contributed by atoms with Crippen molar-refractivity contribution in [3.63, 3.8) is 0 Å². The van der Waals surface area contributed by atoms with Gasteiger partial charge in [-0.25, -0.2) is 9.46 Å². The summed E-state index contributed by atoms with van der Waals surface area (Å²) in [5.41, 5.74) is 0. The molecule has 0 spiro atoms. The van der Waals surface area contributed by atoms with Crippen LogP contribution in [0.25, 0.3) is 0 Å². The molecule has 2 rings (SSSR count). The highest BCUT2D eigenvalue weighted by Crippen LogP contribution is 2.52. The van der Waals surface area contributed by atoms with Crippen molar-refractivity contribution >= 4 is 14.6 Å². The van der Waals surface area contributed by atoms with Gasteiger partial charge in [-0.3, -0.25) is 0 Å². The highest BCUT2D eigenvalue weighted by molar-refractivity contribution is 7.44. The monoisotopic (exact) mass is 451 g/mol. The second kappa shape index (κ2) is 13.9. The Labute approximate surface area is 189 Å². The van der Waals surface area contributed by atoms with Gasteiger partial charge in [-0.2, -0.15) is 5.26 Å². The largest absolute Gasteiger partial charge is 0.449 e. The quantitative estimate of drug-likeness (QED) is 0.245. The molecule has 7 nitrogen and oxygen atoms in total. The van der Waals surface area contributed by atoms with Gasteiger partial charge in [0.1, 0.15) is 0 Å². The summed E-state index contributed by atoms with van der Waals surface area (Å²) < 4.78 is 19.5. The van der Waals surface area contributed by atoms with Crippen LogP contribution in [0.15, 0.2) is 0 Å². The van der Waals surface area contributed by atoms with Crippen LogP contribution in [0, 0.1) is 40.9 Å². The first-order valence-corrected chi connectivity index (χ1v) is 12.7. The molecule has 3 unspecified atom stereocenters. The van der Waals surface area contributed by atoms with E-state index < -0.39 is 8.53 Å². The van der Waals surface area contributed by atoms with Gasteiger partial charge in [0, 0.05) is 31.5 Å². The second-order valence-electron chi connectivity index (χ2n) is 8.68. The van der Waals surface area contributed by atoms with E-state index in [2.05, 4.69) is 55.6 Å². The lowest BCUT2D eigenvalue weighted by Crippen LogP contribution is -2.34. The van der Waals surface area contributed by atoms with Gasteiger partial charge in [0.2, 0.25) is 0 Å². The standard InChI is InChI=1S/C23H38N3O4P/c1-18(2)26(19(3)4)31(29-15-9-13-24)30-16-10-14-25-23(27)28-17-22-20-11-7-5-6-8-12-21(20)22/h18-22H,7-12,14-17H2,1-4H3,(H,25,27).